The van der Waals surface area contributed by atoms with E-state index in [0.717, 1.165) is 6.26 Å². The van der Waals surface area contributed by atoms with Crippen LogP contribution < -0.4 is 0 Å². The van der Waals surface area contributed by atoms with Crippen molar-refractivity contribution >= 4 is 39.2 Å². The molecular formula is C21H17ClFN3O4S. The average Bonchev–Trinajstić information content (AvgIpc) is 3.10. The van der Waals surface area contributed by atoms with E-state index in [-0.39, 0.29) is 24.3 Å². The number of carboxylic acid groups (broad SMARTS) is 1. The zero-order valence-electron chi connectivity index (χ0n) is 16.3. The molecule has 0 fully saturated rings. The van der Waals surface area contributed by atoms with Crippen LogP contribution in [0.5, 0.6) is 0 Å². The van der Waals surface area contributed by atoms with Crippen molar-refractivity contribution in [2.45, 2.75) is 6.54 Å². The summed E-state index contributed by atoms with van der Waals surface area (Å²) in [6.07, 6.45) is 2.77. The molecule has 0 aliphatic carbocycles. The van der Waals surface area contributed by atoms with Crippen molar-refractivity contribution in [3.8, 4) is 5.69 Å². The third-order valence-corrected chi connectivity index (χ3v) is 6.37. The Morgan fingerprint density at radius 2 is 1.77 bits per heavy atom. The first kappa shape index (κ1) is 21.2. The Kier molecular flexibility index (Phi) is 5.42. The molecule has 1 N–H and O–H groups in total. The van der Waals surface area contributed by atoms with Crippen LogP contribution in [0.2, 0.25) is 5.02 Å². The molecule has 0 bridgehead atoms. The molecule has 7 nitrogen and oxygen atoms in total. The van der Waals surface area contributed by atoms with Crippen LogP contribution in [0, 0.1) is 5.82 Å². The topological polar surface area (TPSA) is 92.5 Å². The maximum absolute atomic E-state index is 13.3. The Morgan fingerprint density at radius 3 is 2.35 bits per heavy atom. The molecular weight excluding hydrogens is 445 g/mol. The van der Waals surface area contributed by atoms with Crippen LogP contribution in [0.15, 0.2) is 48.5 Å². The number of benzene rings is 2. The lowest BCUT2D eigenvalue weighted by Gasteiger charge is -2.28. The van der Waals surface area contributed by atoms with Crippen LogP contribution in [0.25, 0.3) is 17.3 Å². The summed E-state index contributed by atoms with van der Waals surface area (Å²) in [5.41, 5.74) is 2.29. The quantitative estimate of drug-likeness (QED) is 0.639. The van der Waals surface area contributed by atoms with Gasteiger partial charge in [0, 0.05) is 23.7 Å². The summed E-state index contributed by atoms with van der Waals surface area (Å²) in [7, 11) is -3.62. The summed E-state index contributed by atoms with van der Waals surface area (Å²) in [5, 5.41) is 14.5. The number of fused-ring (bicyclic) bond motifs is 1. The predicted molar refractivity (Wildman–Crippen MR) is 115 cm³/mol. The number of halogens is 2. The number of hydrogen-bond donors (Lipinski definition) is 1. The van der Waals surface area contributed by atoms with Crippen molar-refractivity contribution in [1.82, 2.24) is 14.1 Å². The van der Waals surface area contributed by atoms with E-state index in [4.69, 9.17) is 11.6 Å². The van der Waals surface area contributed by atoms with E-state index in [1.54, 1.807) is 42.5 Å². The monoisotopic (exact) mass is 461 g/mol. The summed E-state index contributed by atoms with van der Waals surface area (Å²) >= 11 is 5.98. The fourth-order valence-electron chi connectivity index (χ4n) is 3.48. The summed E-state index contributed by atoms with van der Waals surface area (Å²) in [6, 6.07) is 12.4. The molecule has 1 aliphatic heterocycles. The van der Waals surface area contributed by atoms with Gasteiger partial charge in [-0.05, 0) is 53.6 Å². The van der Waals surface area contributed by atoms with Gasteiger partial charge in [-0.15, -0.1) is 0 Å². The van der Waals surface area contributed by atoms with Gasteiger partial charge in [-0.1, -0.05) is 23.7 Å². The zero-order chi connectivity index (χ0) is 22.3. The molecule has 1 aliphatic rings. The maximum atomic E-state index is 13.3. The number of aromatic carboxylic acids is 1. The second-order valence-electron chi connectivity index (χ2n) is 7.12. The molecule has 31 heavy (non-hydrogen) atoms. The van der Waals surface area contributed by atoms with Gasteiger partial charge in [-0.25, -0.2) is 22.3 Å². The molecule has 0 atom stereocenters. The summed E-state index contributed by atoms with van der Waals surface area (Å²) in [6.45, 7) is -0.105. The predicted octanol–water partition coefficient (Wildman–Crippen LogP) is 3.68. The molecule has 2 aromatic carbocycles. The van der Waals surface area contributed by atoms with Gasteiger partial charge in [0.05, 0.1) is 17.6 Å². The van der Waals surface area contributed by atoms with Crippen LogP contribution >= 0.6 is 11.6 Å². The summed E-state index contributed by atoms with van der Waals surface area (Å²) in [5.74, 6) is -1.66. The van der Waals surface area contributed by atoms with Crippen LogP contribution in [-0.2, 0) is 16.6 Å². The number of rotatable bonds is 4. The highest BCUT2D eigenvalue weighted by Gasteiger charge is 2.34. The number of carbonyl (C=O) groups is 1. The Labute approximate surface area is 183 Å². The van der Waals surface area contributed by atoms with Crippen LogP contribution in [0.3, 0.4) is 0 Å². The molecule has 0 radical (unpaired) electrons. The first-order valence-corrected chi connectivity index (χ1v) is 11.4. The number of carboxylic acids is 1. The minimum atomic E-state index is -3.62. The molecule has 0 unspecified atom stereocenters. The van der Waals surface area contributed by atoms with Crippen molar-refractivity contribution in [2.24, 2.45) is 0 Å². The van der Waals surface area contributed by atoms with Crippen molar-refractivity contribution in [3.63, 3.8) is 0 Å². The van der Waals surface area contributed by atoms with Gasteiger partial charge in [0.15, 0.2) is 5.69 Å². The highest BCUT2D eigenvalue weighted by Crippen LogP contribution is 2.34. The van der Waals surface area contributed by atoms with Crippen molar-refractivity contribution in [1.29, 1.82) is 0 Å². The molecule has 0 spiro atoms. The Morgan fingerprint density at radius 1 is 1.13 bits per heavy atom. The lowest BCUT2D eigenvalue weighted by atomic mass is 9.99. The Balaban J connectivity index is 1.98. The number of hydrogen-bond acceptors (Lipinski definition) is 4. The van der Waals surface area contributed by atoms with Gasteiger partial charge >= 0.3 is 5.97 Å². The van der Waals surface area contributed by atoms with Crippen molar-refractivity contribution < 1.29 is 22.7 Å². The highest BCUT2D eigenvalue weighted by atomic mass is 35.5. The van der Waals surface area contributed by atoms with Gasteiger partial charge in [0.1, 0.15) is 5.82 Å². The normalized spacial score (nSPS) is 15.8. The van der Waals surface area contributed by atoms with Crippen LogP contribution in [0.4, 0.5) is 4.39 Å². The van der Waals surface area contributed by atoms with E-state index in [1.165, 1.54) is 21.1 Å². The van der Waals surface area contributed by atoms with E-state index in [0.29, 0.717) is 27.5 Å². The molecule has 4 rings (SSSR count). The number of sulfonamides is 1. The average molecular weight is 462 g/mol. The SMILES string of the molecule is CS(=O)(=O)N1C/C(=C\c2ccc(F)cc2)c2c(c(C(=O)O)nn2-c2ccc(Cl)cc2)C1. The zero-order valence-corrected chi connectivity index (χ0v) is 17.9. The lowest BCUT2D eigenvalue weighted by molar-refractivity contribution is 0.0688. The van der Waals surface area contributed by atoms with E-state index >= 15 is 0 Å². The van der Waals surface area contributed by atoms with E-state index < -0.39 is 21.8 Å². The Bertz CT molecular complexity index is 1300. The largest absolute Gasteiger partial charge is 0.476 e. The maximum Gasteiger partial charge on any atom is 0.356 e. The third kappa shape index (κ3) is 4.25. The second kappa shape index (κ2) is 7.92. The van der Waals surface area contributed by atoms with Gasteiger partial charge < -0.3 is 5.11 Å². The van der Waals surface area contributed by atoms with Gasteiger partial charge in [0.2, 0.25) is 10.0 Å². The summed E-state index contributed by atoms with van der Waals surface area (Å²) < 4.78 is 40.6. The third-order valence-electron chi connectivity index (χ3n) is 4.92. The minimum absolute atomic E-state index is 0.0154. The minimum Gasteiger partial charge on any atom is -0.476 e. The molecule has 0 saturated carbocycles. The standard InChI is InChI=1S/C21H17ClFN3O4S/c1-31(29,30)25-11-14(10-13-2-6-16(23)7-3-13)20-18(12-25)19(21(27)28)24-26(20)17-8-4-15(22)5-9-17/h2-10H,11-12H2,1H3,(H,27,28)/b14-10+. The van der Waals surface area contributed by atoms with Crippen LogP contribution in [0.1, 0.15) is 27.3 Å². The Hall–Kier alpha value is -3.01. The molecule has 0 amide bonds. The van der Waals surface area contributed by atoms with Gasteiger partial charge in [0.25, 0.3) is 0 Å². The molecule has 1 aromatic heterocycles. The van der Waals surface area contributed by atoms with Crippen molar-refractivity contribution in [2.75, 3.05) is 12.8 Å². The number of nitrogens with zero attached hydrogens (tertiary/aromatic N) is 3. The van der Waals surface area contributed by atoms with Gasteiger partial charge in [-0.2, -0.15) is 9.40 Å². The first-order valence-electron chi connectivity index (χ1n) is 9.16. The molecule has 160 valence electrons. The lowest BCUT2D eigenvalue weighted by Crippen LogP contribution is -2.35. The molecule has 10 heteroatoms. The first-order chi connectivity index (χ1) is 14.6. The molecule has 0 saturated heterocycles. The van der Waals surface area contributed by atoms with Crippen LogP contribution in [-0.4, -0.2) is 46.4 Å². The number of aromatic nitrogens is 2. The highest BCUT2D eigenvalue weighted by molar-refractivity contribution is 7.88. The fraction of sp³-hybridized carbons (Fsp3) is 0.143. The second-order valence-corrected chi connectivity index (χ2v) is 9.54. The van der Waals surface area contributed by atoms with Crippen molar-refractivity contribution in [3.05, 3.63) is 81.9 Å². The molecule has 2 heterocycles. The molecule has 3 aromatic rings. The van der Waals surface area contributed by atoms with E-state index in [1.807, 2.05) is 0 Å². The summed E-state index contributed by atoms with van der Waals surface area (Å²) in [4.78, 5) is 11.9. The van der Waals surface area contributed by atoms with E-state index in [9.17, 15) is 22.7 Å². The van der Waals surface area contributed by atoms with Gasteiger partial charge in [-0.3, -0.25) is 0 Å². The van der Waals surface area contributed by atoms with E-state index in [2.05, 4.69) is 5.10 Å². The smallest absolute Gasteiger partial charge is 0.356 e. The fourth-order valence-corrected chi connectivity index (χ4v) is 4.34.